The minimum Gasteiger partial charge on any atom is -0.394 e. The lowest BCUT2D eigenvalue weighted by Crippen LogP contribution is -2.59. The molecule has 9 atom stereocenters. The topological polar surface area (TPSA) is 201 Å². The van der Waals surface area contributed by atoms with E-state index in [-0.39, 0.29) is 0 Å². The van der Waals surface area contributed by atoms with Crippen molar-refractivity contribution in [3.63, 3.8) is 0 Å². The predicted molar refractivity (Wildman–Crippen MR) is 70.8 cm³/mol. The van der Waals surface area contributed by atoms with Crippen molar-refractivity contribution in [1.29, 1.82) is 0 Å². The minimum atomic E-state index is -1.86. The number of hydrogen-bond acceptors (Lipinski definition) is 11. The molecule has 1 heterocycles. The fraction of sp³-hybridized carbons (Fsp3) is 1.00. The Hall–Kier alpha value is -0.440. The fourth-order valence-electron chi connectivity index (χ4n) is 2.06. The molecule has 0 saturated carbocycles. The molecule has 0 radical (unpaired) electrons. The number of hydrogen-bond donors (Lipinski definition) is 9. The minimum absolute atomic E-state index is 0.655. The van der Waals surface area contributed by atoms with Crippen LogP contribution in [0.5, 0.6) is 0 Å². The third-order valence-electron chi connectivity index (χ3n) is 3.61. The molecule has 0 unspecified atom stereocenters. The van der Waals surface area contributed by atoms with Gasteiger partial charge in [-0.3, -0.25) is 0 Å². The van der Waals surface area contributed by atoms with Gasteiger partial charge in [0.1, 0.15) is 48.8 Å². The molecule has 0 spiro atoms. The fourth-order valence-corrected chi connectivity index (χ4v) is 2.06. The van der Waals surface area contributed by atoms with Gasteiger partial charge in [-0.25, -0.2) is 0 Å². The molecule has 23 heavy (non-hydrogen) atoms. The van der Waals surface area contributed by atoms with E-state index in [2.05, 4.69) is 0 Å². The van der Waals surface area contributed by atoms with Crippen LogP contribution in [0.3, 0.4) is 0 Å². The van der Waals surface area contributed by atoms with Gasteiger partial charge in [0.05, 0.1) is 19.8 Å². The van der Waals surface area contributed by atoms with Crippen molar-refractivity contribution in [3.8, 4) is 0 Å². The Morgan fingerprint density at radius 1 is 0.826 bits per heavy atom. The summed E-state index contributed by atoms with van der Waals surface area (Å²) in [7, 11) is 0. The summed E-state index contributed by atoms with van der Waals surface area (Å²) in [6.07, 6.45) is -14.7. The zero-order chi connectivity index (χ0) is 17.7. The third-order valence-corrected chi connectivity index (χ3v) is 3.61. The highest BCUT2D eigenvalue weighted by atomic mass is 16.7. The molecular formula is C12H24O11. The summed E-state index contributed by atoms with van der Waals surface area (Å²) < 4.78 is 9.99. The molecule has 1 aliphatic rings. The summed E-state index contributed by atoms with van der Waals surface area (Å²) in [4.78, 5) is 0. The smallest absolute Gasteiger partial charge is 0.186 e. The molecular weight excluding hydrogens is 320 g/mol. The summed E-state index contributed by atoms with van der Waals surface area (Å²) in [5.41, 5.74) is 0. The summed E-state index contributed by atoms with van der Waals surface area (Å²) in [5, 5.41) is 84.4. The molecule has 0 amide bonds. The van der Waals surface area contributed by atoms with E-state index in [0.717, 1.165) is 0 Å². The summed E-state index contributed by atoms with van der Waals surface area (Å²) in [6, 6.07) is 0. The van der Waals surface area contributed by atoms with Crippen molar-refractivity contribution < 1.29 is 55.4 Å². The van der Waals surface area contributed by atoms with Gasteiger partial charge in [-0.05, 0) is 0 Å². The Labute approximate surface area is 131 Å². The predicted octanol–water partition coefficient (Wildman–Crippen LogP) is -5.76. The number of ether oxygens (including phenoxy) is 2. The molecule has 1 rings (SSSR count). The maximum atomic E-state index is 9.70. The first-order valence-corrected chi connectivity index (χ1v) is 6.99. The summed E-state index contributed by atoms with van der Waals surface area (Å²) in [5.74, 6) is 0. The van der Waals surface area contributed by atoms with E-state index in [4.69, 9.17) is 19.7 Å². The average molecular weight is 344 g/mol. The van der Waals surface area contributed by atoms with Crippen molar-refractivity contribution in [2.24, 2.45) is 0 Å². The second-order valence-corrected chi connectivity index (χ2v) is 5.33. The van der Waals surface area contributed by atoms with Gasteiger partial charge in [0.15, 0.2) is 6.29 Å². The SMILES string of the molecule is OC[C@@H](O)[C@@H](O)[C@H](O)[C@H](O)CO[C@H]1O[C@H](CO)[C@H](O)[C@@H](O)[C@@H]1O. The Morgan fingerprint density at radius 3 is 1.91 bits per heavy atom. The zero-order valence-electron chi connectivity index (χ0n) is 12.2. The lowest BCUT2D eigenvalue weighted by atomic mass is 9.99. The number of aliphatic hydroxyl groups is 9. The van der Waals surface area contributed by atoms with Crippen LogP contribution in [-0.2, 0) is 9.47 Å². The van der Waals surface area contributed by atoms with Gasteiger partial charge in [0.25, 0.3) is 0 Å². The first-order valence-electron chi connectivity index (χ1n) is 6.99. The largest absolute Gasteiger partial charge is 0.394 e. The Morgan fingerprint density at radius 2 is 1.39 bits per heavy atom. The zero-order valence-corrected chi connectivity index (χ0v) is 12.2. The molecule has 0 aliphatic carbocycles. The molecule has 0 bridgehead atoms. The van der Waals surface area contributed by atoms with Crippen LogP contribution in [0.2, 0.25) is 0 Å². The number of aliphatic hydroxyl groups excluding tert-OH is 9. The van der Waals surface area contributed by atoms with E-state index < -0.39 is 74.9 Å². The van der Waals surface area contributed by atoms with Gasteiger partial charge in [0.2, 0.25) is 0 Å². The van der Waals surface area contributed by atoms with E-state index >= 15 is 0 Å². The first-order chi connectivity index (χ1) is 10.7. The van der Waals surface area contributed by atoms with Crippen LogP contribution in [0.1, 0.15) is 0 Å². The molecule has 1 fully saturated rings. The van der Waals surface area contributed by atoms with Gasteiger partial charge in [-0.1, -0.05) is 0 Å². The standard InChI is InChI=1S/C12H24O11/c13-1-4(15)7(17)8(18)5(16)3-22-12-11(21)10(20)9(19)6(2-14)23-12/h4-21H,1-3H2/t4-,5-,6-,7-,8-,9+,10-,11+,12+/m1/s1. The molecule has 9 N–H and O–H groups in total. The summed E-state index contributed by atoms with van der Waals surface area (Å²) >= 11 is 0. The van der Waals surface area contributed by atoms with Gasteiger partial charge in [0, 0.05) is 0 Å². The van der Waals surface area contributed by atoms with Crippen molar-refractivity contribution in [2.45, 2.75) is 55.1 Å². The van der Waals surface area contributed by atoms with E-state index in [1.807, 2.05) is 0 Å². The van der Waals surface area contributed by atoms with E-state index in [9.17, 15) is 35.7 Å². The van der Waals surface area contributed by atoms with Crippen LogP contribution in [0, 0.1) is 0 Å². The highest BCUT2D eigenvalue weighted by molar-refractivity contribution is 4.89. The van der Waals surface area contributed by atoms with Crippen LogP contribution in [0.4, 0.5) is 0 Å². The molecule has 0 aromatic rings. The van der Waals surface area contributed by atoms with E-state index in [1.54, 1.807) is 0 Å². The van der Waals surface area contributed by atoms with Crippen LogP contribution in [0.25, 0.3) is 0 Å². The van der Waals surface area contributed by atoms with Crippen molar-refractivity contribution in [1.82, 2.24) is 0 Å². The molecule has 11 heteroatoms. The Bertz CT molecular complexity index is 341. The molecule has 1 aliphatic heterocycles. The second kappa shape index (κ2) is 9.15. The van der Waals surface area contributed by atoms with Crippen molar-refractivity contribution in [3.05, 3.63) is 0 Å². The normalized spacial score (nSPS) is 37.2. The monoisotopic (exact) mass is 344 g/mol. The molecule has 0 aromatic heterocycles. The molecule has 1 saturated heterocycles. The van der Waals surface area contributed by atoms with Crippen LogP contribution < -0.4 is 0 Å². The third kappa shape index (κ3) is 5.01. The van der Waals surface area contributed by atoms with Crippen molar-refractivity contribution >= 4 is 0 Å². The van der Waals surface area contributed by atoms with Crippen molar-refractivity contribution in [2.75, 3.05) is 19.8 Å². The molecule has 0 aromatic carbocycles. The Balaban J connectivity index is 2.55. The first kappa shape index (κ1) is 20.6. The lowest BCUT2D eigenvalue weighted by molar-refractivity contribution is -0.306. The van der Waals surface area contributed by atoms with Crippen LogP contribution >= 0.6 is 0 Å². The van der Waals surface area contributed by atoms with Gasteiger partial charge in [-0.15, -0.1) is 0 Å². The summed E-state index contributed by atoms with van der Waals surface area (Å²) in [6.45, 7) is -2.16. The maximum absolute atomic E-state index is 9.70. The maximum Gasteiger partial charge on any atom is 0.186 e. The van der Waals surface area contributed by atoms with Crippen LogP contribution in [-0.4, -0.2) is 121 Å². The average Bonchev–Trinajstić information content (AvgIpc) is 2.56. The molecule has 138 valence electrons. The van der Waals surface area contributed by atoms with Gasteiger partial charge >= 0.3 is 0 Å². The van der Waals surface area contributed by atoms with E-state index in [1.165, 1.54) is 0 Å². The number of rotatable bonds is 8. The quantitative estimate of drug-likeness (QED) is 0.203. The van der Waals surface area contributed by atoms with E-state index in [0.29, 0.717) is 0 Å². The highest BCUT2D eigenvalue weighted by Crippen LogP contribution is 2.22. The second-order valence-electron chi connectivity index (χ2n) is 5.33. The van der Waals surface area contributed by atoms with Crippen LogP contribution in [0.15, 0.2) is 0 Å². The highest BCUT2D eigenvalue weighted by Gasteiger charge is 2.44. The Kier molecular flexibility index (Phi) is 8.20. The lowest BCUT2D eigenvalue weighted by Gasteiger charge is -2.40. The van der Waals surface area contributed by atoms with Gasteiger partial charge < -0.3 is 55.4 Å². The molecule has 11 nitrogen and oxygen atoms in total. The van der Waals surface area contributed by atoms with Gasteiger partial charge in [-0.2, -0.15) is 0 Å².